The maximum absolute atomic E-state index is 13.4. The molecule has 0 atom stereocenters. The Morgan fingerprint density at radius 3 is 2.20 bits per heavy atom. The molecule has 2 aromatic rings. The van der Waals surface area contributed by atoms with Crippen LogP contribution in [0.25, 0.3) is 11.1 Å². The van der Waals surface area contributed by atoms with E-state index in [1.54, 1.807) is 31.2 Å². The molecule has 20 heavy (non-hydrogen) atoms. The quantitative estimate of drug-likeness (QED) is 0.675. The van der Waals surface area contributed by atoms with Gasteiger partial charge in [-0.25, -0.2) is 0 Å². The van der Waals surface area contributed by atoms with Gasteiger partial charge in [-0.2, -0.15) is 13.2 Å². The summed E-state index contributed by atoms with van der Waals surface area (Å²) >= 11 is 0. The van der Waals surface area contributed by atoms with Gasteiger partial charge in [0.05, 0.1) is 5.56 Å². The lowest BCUT2D eigenvalue weighted by Crippen LogP contribution is -2.11. The molecule has 0 spiro atoms. The molecule has 0 radical (unpaired) electrons. The summed E-state index contributed by atoms with van der Waals surface area (Å²) < 4.78 is 40.2. The first kappa shape index (κ1) is 14.6. The van der Waals surface area contributed by atoms with Crippen molar-refractivity contribution in [2.24, 2.45) is 0 Å². The van der Waals surface area contributed by atoms with Crippen molar-refractivity contribution in [2.75, 3.05) is 0 Å². The number of hydrogen-bond acceptors (Lipinski definition) is 0. The first-order chi connectivity index (χ1) is 9.34. The van der Waals surface area contributed by atoms with Crippen molar-refractivity contribution in [3.05, 3.63) is 58.7 Å². The van der Waals surface area contributed by atoms with Crippen molar-refractivity contribution in [1.82, 2.24) is 0 Å². The van der Waals surface area contributed by atoms with Crippen LogP contribution in [0, 0.1) is 13.8 Å². The summed E-state index contributed by atoms with van der Waals surface area (Å²) in [7, 11) is 0. The molecule has 0 aliphatic carbocycles. The monoisotopic (exact) mass is 278 g/mol. The molecule has 0 aliphatic rings. The SMILES string of the molecule is CCc1cccc(-c2ccc(C)cc2C)c1C(F)(F)F. The fourth-order valence-corrected chi connectivity index (χ4v) is 2.57. The molecule has 0 fully saturated rings. The molecule has 0 saturated carbocycles. The van der Waals surface area contributed by atoms with Gasteiger partial charge in [0.25, 0.3) is 0 Å². The average molecular weight is 278 g/mol. The summed E-state index contributed by atoms with van der Waals surface area (Å²) in [5, 5.41) is 0. The molecule has 0 bridgehead atoms. The van der Waals surface area contributed by atoms with E-state index in [1.165, 1.54) is 0 Å². The normalized spacial score (nSPS) is 11.7. The number of halogens is 3. The fraction of sp³-hybridized carbons (Fsp3) is 0.294. The zero-order valence-electron chi connectivity index (χ0n) is 11.8. The largest absolute Gasteiger partial charge is 0.417 e. The average Bonchev–Trinajstić information content (AvgIpc) is 2.36. The Kier molecular flexibility index (Phi) is 3.89. The number of benzene rings is 2. The number of alkyl halides is 3. The van der Waals surface area contributed by atoms with Gasteiger partial charge in [-0.15, -0.1) is 0 Å². The van der Waals surface area contributed by atoms with Crippen molar-refractivity contribution in [2.45, 2.75) is 33.4 Å². The van der Waals surface area contributed by atoms with Crippen LogP contribution < -0.4 is 0 Å². The highest BCUT2D eigenvalue weighted by Crippen LogP contribution is 2.40. The molecule has 2 aromatic carbocycles. The molecular weight excluding hydrogens is 261 g/mol. The predicted octanol–water partition coefficient (Wildman–Crippen LogP) is 5.55. The van der Waals surface area contributed by atoms with Crippen LogP contribution in [-0.4, -0.2) is 0 Å². The Balaban J connectivity index is 2.74. The standard InChI is InChI=1S/C17H17F3/c1-4-13-6-5-7-15(16(13)17(18,19)20)14-9-8-11(2)10-12(14)3/h5-10H,4H2,1-3H3. The van der Waals surface area contributed by atoms with E-state index < -0.39 is 11.7 Å². The van der Waals surface area contributed by atoms with E-state index in [1.807, 2.05) is 26.0 Å². The van der Waals surface area contributed by atoms with Gasteiger partial charge in [0, 0.05) is 0 Å². The van der Waals surface area contributed by atoms with Crippen molar-refractivity contribution in [1.29, 1.82) is 0 Å². The van der Waals surface area contributed by atoms with Crippen LogP contribution in [0.1, 0.15) is 29.2 Å². The first-order valence-electron chi connectivity index (χ1n) is 6.61. The number of hydrogen-bond donors (Lipinski definition) is 0. The maximum atomic E-state index is 13.4. The molecule has 0 nitrogen and oxygen atoms in total. The van der Waals surface area contributed by atoms with Crippen molar-refractivity contribution in [3.63, 3.8) is 0 Å². The second-order valence-electron chi connectivity index (χ2n) is 5.01. The third kappa shape index (κ3) is 2.72. The van der Waals surface area contributed by atoms with Gasteiger partial charge in [0.2, 0.25) is 0 Å². The van der Waals surface area contributed by atoms with Crippen LogP contribution in [0.2, 0.25) is 0 Å². The van der Waals surface area contributed by atoms with Gasteiger partial charge in [-0.3, -0.25) is 0 Å². The van der Waals surface area contributed by atoms with E-state index in [0.29, 0.717) is 17.5 Å². The van der Waals surface area contributed by atoms with Crippen LogP contribution in [0.5, 0.6) is 0 Å². The second-order valence-corrected chi connectivity index (χ2v) is 5.01. The summed E-state index contributed by atoms with van der Waals surface area (Å²) in [5.41, 5.74) is 2.67. The highest BCUT2D eigenvalue weighted by molar-refractivity contribution is 5.72. The topological polar surface area (TPSA) is 0 Å². The van der Waals surface area contributed by atoms with Gasteiger partial charge in [0.1, 0.15) is 0 Å². The lowest BCUT2D eigenvalue weighted by atomic mass is 9.91. The zero-order chi connectivity index (χ0) is 14.9. The van der Waals surface area contributed by atoms with Gasteiger partial charge in [-0.05, 0) is 42.5 Å². The van der Waals surface area contributed by atoms with E-state index in [9.17, 15) is 13.2 Å². The Bertz CT molecular complexity index is 625. The van der Waals surface area contributed by atoms with Crippen LogP contribution in [0.4, 0.5) is 13.2 Å². The minimum Gasteiger partial charge on any atom is -0.166 e. The summed E-state index contributed by atoms with van der Waals surface area (Å²) in [6.07, 6.45) is -3.97. The molecular formula is C17H17F3. The van der Waals surface area contributed by atoms with E-state index in [0.717, 1.165) is 11.1 Å². The number of aryl methyl sites for hydroxylation is 3. The molecule has 0 saturated heterocycles. The first-order valence-corrected chi connectivity index (χ1v) is 6.61. The lowest BCUT2D eigenvalue weighted by molar-refractivity contribution is -0.137. The van der Waals surface area contributed by atoms with Crippen LogP contribution in [0.3, 0.4) is 0 Å². The predicted molar refractivity (Wildman–Crippen MR) is 75.7 cm³/mol. The van der Waals surface area contributed by atoms with Gasteiger partial charge < -0.3 is 0 Å². The molecule has 0 unspecified atom stereocenters. The van der Waals surface area contributed by atoms with Crippen LogP contribution >= 0.6 is 0 Å². The van der Waals surface area contributed by atoms with Gasteiger partial charge in [0.15, 0.2) is 0 Å². The molecule has 0 heterocycles. The second kappa shape index (κ2) is 5.31. The smallest absolute Gasteiger partial charge is 0.166 e. The molecule has 0 amide bonds. The highest BCUT2D eigenvalue weighted by atomic mass is 19.4. The highest BCUT2D eigenvalue weighted by Gasteiger charge is 2.36. The maximum Gasteiger partial charge on any atom is 0.417 e. The summed E-state index contributed by atoms with van der Waals surface area (Å²) in [5.74, 6) is 0. The Morgan fingerprint density at radius 1 is 0.950 bits per heavy atom. The molecule has 0 aliphatic heterocycles. The van der Waals surface area contributed by atoms with E-state index in [-0.39, 0.29) is 5.56 Å². The minimum absolute atomic E-state index is 0.273. The summed E-state index contributed by atoms with van der Waals surface area (Å²) in [6.45, 7) is 5.53. The Morgan fingerprint density at radius 2 is 1.65 bits per heavy atom. The lowest BCUT2D eigenvalue weighted by Gasteiger charge is -2.18. The van der Waals surface area contributed by atoms with Crippen molar-refractivity contribution >= 4 is 0 Å². The van der Waals surface area contributed by atoms with E-state index in [4.69, 9.17) is 0 Å². The van der Waals surface area contributed by atoms with Crippen LogP contribution in [-0.2, 0) is 12.6 Å². The van der Waals surface area contributed by atoms with E-state index in [2.05, 4.69) is 0 Å². The molecule has 2 rings (SSSR count). The Labute approximate surface area is 117 Å². The van der Waals surface area contributed by atoms with Crippen molar-refractivity contribution < 1.29 is 13.2 Å². The summed E-state index contributed by atoms with van der Waals surface area (Å²) in [4.78, 5) is 0. The van der Waals surface area contributed by atoms with Crippen LogP contribution in [0.15, 0.2) is 36.4 Å². The third-order valence-corrected chi connectivity index (χ3v) is 3.49. The van der Waals surface area contributed by atoms with Crippen molar-refractivity contribution in [3.8, 4) is 11.1 Å². The fourth-order valence-electron chi connectivity index (χ4n) is 2.57. The molecule has 106 valence electrons. The molecule has 3 heteroatoms. The molecule has 0 aromatic heterocycles. The van der Waals surface area contributed by atoms with Gasteiger partial charge >= 0.3 is 6.18 Å². The zero-order valence-corrected chi connectivity index (χ0v) is 11.8. The number of rotatable bonds is 2. The molecule has 0 N–H and O–H groups in total. The third-order valence-electron chi connectivity index (χ3n) is 3.49. The van der Waals surface area contributed by atoms with Gasteiger partial charge in [-0.1, -0.05) is 48.9 Å². The summed E-state index contributed by atoms with van der Waals surface area (Å²) in [6, 6.07) is 10.3. The van der Waals surface area contributed by atoms with E-state index >= 15 is 0 Å². The Hall–Kier alpha value is -1.77. The minimum atomic E-state index is -4.33.